The van der Waals surface area contributed by atoms with Gasteiger partial charge >= 0.3 is 5.88 Å². The molecule has 2 heterocycles. The highest BCUT2D eigenvalue weighted by Gasteiger charge is 2.27. The molecule has 0 bridgehead atoms. The number of likely N-dealkylation sites (N-methyl/N-ethyl adjacent to an activating group) is 1. The molecule has 0 aliphatic carbocycles. The summed E-state index contributed by atoms with van der Waals surface area (Å²) in [6, 6.07) is 4.16. The van der Waals surface area contributed by atoms with Crippen LogP contribution in [0.25, 0.3) is 10.2 Å². The number of hydrogen-bond acceptors (Lipinski definition) is 7. The van der Waals surface area contributed by atoms with Crippen molar-refractivity contribution in [1.29, 1.82) is 0 Å². The van der Waals surface area contributed by atoms with Gasteiger partial charge in [0.05, 0.1) is 10.8 Å². The molecule has 0 spiro atoms. The van der Waals surface area contributed by atoms with E-state index in [9.17, 15) is 23.7 Å². The van der Waals surface area contributed by atoms with Crippen molar-refractivity contribution in [1.82, 2.24) is 9.88 Å². The number of carbonyl (C=O) groups excluding carboxylic acids is 1. The lowest BCUT2D eigenvalue weighted by atomic mass is 10.3. The van der Waals surface area contributed by atoms with Crippen LogP contribution < -0.4 is 4.90 Å². The quantitative estimate of drug-likeness (QED) is 0.400. The first-order valence-electron chi connectivity index (χ1n) is 8.88. The fourth-order valence-corrected chi connectivity index (χ4v) is 3.83. The second-order valence-corrected chi connectivity index (χ2v) is 7.12. The molecule has 0 saturated heterocycles. The number of amides is 1. The van der Waals surface area contributed by atoms with Crippen LogP contribution >= 0.6 is 11.3 Å². The molecule has 0 fully saturated rings. The highest BCUT2D eigenvalue weighted by atomic mass is 32.1. The highest BCUT2D eigenvalue weighted by molar-refractivity contribution is 7.22. The van der Waals surface area contributed by atoms with E-state index in [2.05, 4.69) is 9.88 Å². The van der Waals surface area contributed by atoms with Gasteiger partial charge in [0.2, 0.25) is 0 Å². The molecule has 0 radical (unpaired) electrons. The van der Waals surface area contributed by atoms with Crippen LogP contribution in [-0.4, -0.2) is 46.9 Å². The summed E-state index contributed by atoms with van der Waals surface area (Å²) in [6.45, 7) is 6.14. The lowest BCUT2D eigenvalue weighted by Gasteiger charge is -2.23. The molecule has 0 aliphatic heterocycles. The predicted molar refractivity (Wildman–Crippen MR) is 104 cm³/mol. The molecule has 0 unspecified atom stereocenters. The molecule has 11 heteroatoms. The highest BCUT2D eigenvalue weighted by Crippen LogP contribution is 2.32. The van der Waals surface area contributed by atoms with Gasteiger partial charge in [-0.05, 0) is 25.2 Å². The lowest BCUT2D eigenvalue weighted by molar-refractivity contribution is -0.402. The summed E-state index contributed by atoms with van der Waals surface area (Å²) in [5, 5.41) is 11.0. The van der Waals surface area contributed by atoms with Crippen LogP contribution in [0.3, 0.4) is 0 Å². The van der Waals surface area contributed by atoms with Crippen molar-refractivity contribution in [2.45, 2.75) is 13.8 Å². The molecule has 3 aromatic rings. The number of halogens is 2. The Labute approximate surface area is 168 Å². The van der Waals surface area contributed by atoms with Crippen LogP contribution in [0, 0.1) is 21.7 Å². The minimum atomic E-state index is -0.827. The number of carbonyl (C=O) groups is 1. The third-order valence-corrected chi connectivity index (χ3v) is 5.42. The molecule has 3 rings (SSSR count). The molecule has 0 saturated carbocycles. The second-order valence-electron chi connectivity index (χ2n) is 6.11. The number of furan rings is 1. The number of rotatable bonds is 8. The van der Waals surface area contributed by atoms with E-state index in [1.807, 2.05) is 13.8 Å². The minimum absolute atomic E-state index is 0.0440. The average Bonchev–Trinajstić information content (AvgIpc) is 3.32. The number of nitro groups is 1. The maximum Gasteiger partial charge on any atom is 0.433 e. The van der Waals surface area contributed by atoms with E-state index in [-0.39, 0.29) is 27.7 Å². The molecule has 2 aromatic heterocycles. The van der Waals surface area contributed by atoms with Crippen molar-refractivity contribution in [3.63, 3.8) is 0 Å². The summed E-state index contributed by atoms with van der Waals surface area (Å²) >= 11 is 0.957. The number of hydrogen-bond donors (Lipinski definition) is 0. The Hall–Kier alpha value is -2.92. The predicted octanol–water partition coefficient (Wildman–Crippen LogP) is 4.06. The zero-order chi connectivity index (χ0) is 21.1. The summed E-state index contributed by atoms with van der Waals surface area (Å²) in [5.41, 5.74) is -0.0440. The van der Waals surface area contributed by atoms with E-state index < -0.39 is 28.3 Å². The van der Waals surface area contributed by atoms with E-state index in [1.165, 1.54) is 11.0 Å². The Morgan fingerprint density at radius 3 is 2.59 bits per heavy atom. The largest absolute Gasteiger partial charge is 0.433 e. The summed E-state index contributed by atoms with van der Waals surface area (Å²) in [5.74, 6) is -3.01. The van der Waals surface area contributed by atoms with Gasteiger partial charge in [-0.1, -0.05) is 25.2 Å². The van der Waals surface area contributed by atoms with Gasteiger partial charge in [0.1, 0.15) is 16.3 Å². The number of anilines is 1. The number of thiazole rings is 1. The van der Waals surface area contributed by atoms with Gasteiger partial charge < -0.3 is 9.32 Å². The molecule has 154 valence electrons. The maximum absolute atomic E-state index is 14.1. The summed E-state index contributed by atoms with van der Waals surface area (Å²) in [7, 11) is 0. The zero-order valence-electron chi connectivity index (χ0n) is 15.7. The van der Waals surface area contributed by atoms with Crippen LogP contribution in [0.4, 0.5) is 19.8 Å². The van der Waals surface area contributed by atoms with Gasteiger partial charge in [-0.3, -0.25) is 19.8 Å². The van der Waals surface area contributed by atoms with Gasteiger partial charge in [0.15, 0.2) is 16.7 Å². The van der Waals surface area contributed by atoms with Crippen molar-refractivity contribution in [3.8, 4) is 0 Å². The number of nitrogens with zero attached hydrogens (tertiary/aromatic N) is 4. The molecular weight excluding hydrogens is 406 g/mol. The van der Waals surface area contributed by atoms with Gasteiger partial charge in [0.25, 0.3) is 5.91 Å². The summed E-state index contributed by atoms with van der Waals surface area (Å²) < 4.78 is 32.9. The van der Waals surface area contributed by atoms with Crippen molar-refractivity contribution < 1.29 is 22.9 Å². The third-order valence-electron chi connectivity index (χ3n) is 4.39. The normalized spacial score (nSPS) is 11.3. The first kappa shape index (κ1) is 20.8. The SMILES string of the molecule is CCN(CC)CCN(C(=O)c1ccc([N+](=O)[O-])o1)c1nc2c(F)cc(F)cc2s1. The molecular formula is C18H18F2N4O4S. The van der Waals surface area contributed by atoms with Crippen molar-refractivity contribution in [2.75, 3.05) is 31.1 Å². The Morgan fingerprint density at radius 2 is 1.97 bits per heavy atom. The fraction of sp³-hybridized carbons (Fsp3) is 0.333. The van der Waals surface area contributed by atoms with Crippen LogP contribution in [-0.2, 0) is 0 Å². The monoisotopic (exact) mass is 424 g/mol. The smallest absolute Gasteiger partial charge is 0.395 e. The lowest BCUT2D eigenvalue weighted by Crippen LogP contribution is -2.38. The third kappa shape index (κ3) is 4.40. The Balaban J connectivity index is 1.99. The van der Waals surface area contributed by atoms with Crippen LogP contribution in [0.5, 0.6) is 0 Å². The van der Waals surface area contributed by atoms with Gasteiger partial charge in [-0.15, -0.1) is 0 Å². The average molecular weight is 424 g/mol. The standard InChI is InChI=1S/C18H18F2N4O4S/c1-3-22(4-2)7-8-23(17(25)13-5-6-15(28-13)24(26)27)18-21-16-12(20)9-11(19)10-14(16)29-18/h5-6,9-10H,3-4,7-8H2,1-2H3. The van der Waals surface area contributed by atoms with Crippen molar-refractivity contribution >= 4 is 38.5 Å². The zero-order valence-corrected chi connectivity index (χ0v) is 16.5. The van der Waals surface area contributed by atoms with Gasteiger partial charge in [-0.25, -0.2) is 13.8 Å². The summed E-state index contributed by atoms with van der Waals surface area (Å²) in [6.07, 6.45) is 0. The Kier molecular flexibility index (Phi) is 6.18. The van der Waals surface area contributed by atoms with Crippen molar-refractivity contribution in [3.05, 3.63) is 51.8 Å². The van der Waals surface area contributed by atoms with E-state index in [4.69, 9.17) is 4.42 Å². The molecule has 0 atom stereocenters. The first-order chi connectivity index (χ1) is 13.8. The van der Waals surface area contributed by atoms with Gasteiger partial charge in [-0.2, -0.15) is 0 Å². The number of aromatic nitrogens is 1. The van der Waals surface area contributed by atoms with E-state index in [0.29, 0.717) is 6.54 Å². The van der Waals surface area contributed by atoms with E-state index >= 15 is 0 Å². The van der Waals surface area contributed by atoms with Crippen molar-refractivity contribution in [2.24, 2.45) is 0 Å². The Bertz CT molecular complexity index is 1050. The van der Waals surface area contributed by atoms with Crippen LogP contribution in [0.2, 0.25) is 0 Å². The first-order valence-corrected chi connectivity index (χ1v) is 9.69. The molecule has 29 heavy (non-hydrogen) atoms. The van der Waals surface area contributed by atoms with Crippen LogP contribution in [0.15, 0.2) is 28.7 Å². The van der Waals surface area contributed by atoms with E-state index in [0.717, 1.165) is 42.6 Å². The maximum atomic E-state index is 14.1. The molecule has 0 aliphatic rings. The molecule has 1 amide bonds. The summed E-state index contributed by atoms with van der Waals surface area (Å²) in [4.78, 5) is 30.6. The molecule has 1 aromatic carbocycles. The molecule has 0 N–H and O–H groups in total. The number of benzene rings is 1. The topological polar surface area (TPSA) is 92.7 Å². The van der Waals surface area contributed by atoms with Gasteiger partial charge in [0, 0.05) is 19.2 Å². The molecule has 8 nitrogen and oxygen atoms in total. The van der Waals surface area contributed by atoms with E-state index in [1.54, 1.807) is 0 Å². The van der Waals surface area contributed by atoms with Crippen LogP contribution in [0.1, 0.15) is 24.4 Å². The number of fused-ring (bicyclic) bond motifs is 1. The second kappa shape index (κ2) is 8.62. The minimum Gasteiger partial charge on any atom is -0.395 e. The Morgan fingerprint density at radius 1 is 1.24 bits per heavy atom. The fourth-order valence-electron chi connectivity index (χ4n) is 2.80.